The smallest absolute Gasteiger partial charge is 0.333 e. The van der Waals surface area contributed by atoms with Crippen molar-refractivity contribution < 1.29 is 23.4 Å². The molecule has 46 heavy (non-hydrogen) atoms. The molecular weight excluding hydrogens is 629 g/mol. The van der Waals surface area contributed by atoms with Crippen molar-refractivity contribution in [2.75, 3.05) is 26.5 Å². The van der Waals surface area contributed by atoms with Crippen LogP contribution in [0.25, 0.3) is 21.0 Å². The van der Waals surface area contributed by atoms with Crippen LogP contribution in [-0.4, -0.2) is 62.6 Å². The number of ether oxygens (including phenoxy) is 3. The highest BCUT2D eigenvalue weighted by molar-refractivity contribution is 7.96. The fourth-order valence-electron chi connectivity index (χ4n) is 5.73. The number of piperidine rings is 1. The highest BCUT2D eigenvalue weighted by atomic mass is 32.2. The molecule has 0 spiro atoms. The number of oxazole rings is 1. The molecule has 11 nitrogen and oxygen atoms in total. The molecule has 1 unspecified atom stereocenters. The van der Waals surface area contributed by atoms with E-state index in [0.29, 0.717) is 32.3 Å². The monoisotopic (exact) mass is 670 g/mol. The molecule has 0 aliphatic carbocycles. The molecule has 1 aliphatic rings. The van der Waals surface area contributed by atoms with E-state index in [4.69, 9.17) is 18.6 Å². The summed E-state index contributed by atoms with van der Waals surface area (Å²) >= 11 is 2.97. The summed E-state index contributed by atoms with van der Waals surface area (Å²) in [5.41, 5.74) is -2.30. The normalized spacial score (nSPS) is 15.7. The predicted molar refractivity (Wildman–Crippen MR) is 181 cm³/mol. The molecule has 248 valence electrons. The predicted octanol–water partition coefficient (Wildman–Crippen LogP) is 5.77. The molecule has 4 heterocycles. The van der Waals surface area contributed by atoms with Crippen molar-refractivity contribution >= 4 is 39.5 Å². The van der Waals surface area contributed by atoms with Crippen molar-refractivity contribution in [3.05, 3.63) is 68.7 Å². The number of esters is 1. The van der Waals surface area contributed by atoms with Crippen LogP contribution in [-0.2, 0) is 26.4 Å². The summed E-state index contributed by atoms with van der Waals surface area (Å²) in [5, 5.41) is 0.307. The van der Waals surface area contributed by atoms with E-state index in [1.807, 2.05) is 24.3 Å². The van der Waals surface area contributed by atoms with E-state index in [1.54, 1.807) is 51.3 Å². The molecular formula is C33H42N4O7S2. The number of aryl methyl sites for hydroxylation is 1. The SMILES string of the molecule is COc1ccccc1C(Cn1c(=O)n(C(C)(C)C(=O)OC(C)(C)C)c(=O)c2c(C)c(-c3ncco3)sc21)OC1CCN(SC)CC1. The zero-order valence-electron chi connectivity index (χ0n) is 27.6. The number of methoxy groups -OCH3 is 1. The molecule has 1 saturated heterocycles. The summed E-state index contributed by atoms with van der Waals surface area (Å²) in [6.45, 7) is 11.9. The molecule has 0 radical (unpaired) electrons. The lowest BCUT2D eigenvalue weighted by Gasteiger charge is -2.33. The van der Waals surface area contributed by atoms with Crippen LogP contribution in [0.2, 0.25) is 0 Å². The summed E-state index contributed by atoms with van der Waals surface area (Å²) in [7, 11) is 1.60. The van der Waals surface area contributed by atoms with Gasteiger partial charge in [-0.15, -0.1) is 11.3 Å². The van der Waals surface area contributed by atoms with Gasteiger partial charge >= 0.3 is 11.7 Å². The highest BCUT2D eigenvalue weighted by Crippen LogP contribution is 2.38. The Labute approximate surface area is 276 Å². The highest BCUT2D eigenvalue weighted by Gasteiger charge is 2.39. The average Bonchev–Trinajstić information content (AvgIpc) is 3.66. The zero-order valence-corrected chi connectivity index (χ0v) is 29.3. The first-order valence-electron chi connectivity index (χ1n) is 15.3. The Kier molecular flexibility index (Phi) is 9.88. The molecule has 0 bridgehead atoms. The number of rotatable bonds is 10. The van der Waals surface area contributed by atoms with Gasteiger partial charge in [-0.25, -0.2) is 19.1 Å². The number of aromatic nitrogens is 3. The van der Waals surface area contributed by atoms with E-state index in [9.17, 15) is 14.4 Å². The second-order valence-electron chi connectivity index (χ2n) is 12.8. The quantitative estimate of drug-likeness (QED) is 0.152. The maximum Gasteiger partial charge on any atom is 0.333 e. The van der Waals surface area contributed by atoms with Gasteiger partial charge in [-0.3, -0.25) is 13.7 Å². The Bertz CT molecular complexity index is 1810. The molecule has 1 aromatic carbocycles. The van der Waals surface area contributed by atoms with Gasteiger partial charge in [0.15, 0.2) is 0 Å². The van der Waals surface area contributed by atoms with Crippen LogP contribution in [0, 0.1) is 6.92 Å². The molecule has 1 fully saturated rings. The summed E-state index contributed by atoms with van der Waals surface area (Å²) in [4.78, 5) is 47.8. The van der Waals surface area contributed by atoms with Gasteiger partial charge in [-0.2, -0.15) is 0 Å². The van der Waals surface area contributed by atoms with Crippen LogP contribution in [0.15, 0.2) is 50.7 Å². The minimum atomic E-state index is -1.62. The lowest BCUT2D eigenvalue weighted by Crippen LogP contribution is -2.54. The summed E-state index contributed by atoms with van der Waals surface area (Å²) in [5.74, 6) is 0.278. The first-order chi connectivity index (χ1) is 21.8. The van der Waals surface area contributed by atoms with Crippen LogP contribution in [0.3, 0.4) is 0 Å². The second kappa shape index (κ2) is 13.4. The largest absolute Gasteiger partial charge is 0.496 e. The van der Waals surface area contributed by atoms with Crippen LogP contribution >= 0.6 is 23.3 Å². The molecule has 3 aromatic heterocycles. The second-order valence-corrected chi connectivity index (χ2v) is 14.7. The van der Waals surface area contributed by atoms with E-state index in [0.717, 1.165) is 36.1 Å². The summed E-state index contributed by atoms with van der Waals surface area (Å²) < 4.78 is 28.7. The van der Waals surface area contributed by atoms with Gasteiger partial charge in [0.25, 0.3) is 5.56 Å². The van der Waals surface area contributed by atoms with Crippen molar-refractivity contribution in [2.24, 2.45) is 0 Å². The van der Waals surface area contributed by atoms with Crippen molar-refractivity contribution in [3.8, 4) is 16.5 Å². The maximum atomic E-state index is 14.6. The third-order valence-electron chi connectivity index (χ3n) is 8.15. The third kappa shape index (κ3) is 6.69. The van der Waals surface area contributed by atoms with Crippen molar-refractivity contribution in [3.63, 3.8) is 0 Å². The van der Waals surface area contributed by atoms with Gasteiger partial charge in [-0.05, 0) is 72.3 Å². The minimum Gasteiger partial charge on any atom is -0.496 e. The Hall–Kier alpha value is -3.39. The minimum absolute atomic E-state index is 0.0541. The van der Waals surface area contributed by atoms with Gasteiger partial charge in [0.2, 0.25) is 5.89 Å². The molecule has 4 aromatic rings. The first kappa shape index (κ1) is 34.0. The summed E-state index contributed by atoms with van der Waals surface area (Å²) in [6, 6.07) is 7.59. The Morgan fingerprint density at radius 1 is 1.15 bits per heavy atom. The zero-order chi connectivity index (χ0) is 33.4. The van der Waals surface area contributed by atoms with Crippen molar-refractivity contribution in [2.45, 2.75) is 84.3 Å². The van der Waals surface area contributed by atoms with E-state index in [2.05, 4.69) is 15.5 Å². The molecule has 0 amide bonds. The first-order valence-corrected chi connectivity index (χ1v) is 17.3. The number of para-hydroxylation sites is 1. The molecule has 1 atom stereocenters. The van der Waals surface area contributed by atoms with Crippen molar-refractivity contribution in [1.82, 2.24) is 18.4 Å². The van der Waals surface area contributed by atoms with Gasteiger partial charge in [-0.1, -0.05) is 30.1 Å². The Balaban J connectivity index is 1.72. The number of fused-ring (bicyclic) bond motifs is 1. The molecule has 5 rings (SSSR count). The average molecular weight is 671 g/mol. The summed E-state index contributed by atoms with van der Waals surface area (Å²) in [6.07, 6.45) is 6.06. The molecule has 13 heteroatoms. The van der Waals surface area contributed by atoms with Crippen LogP contribution in [0.1, 0.15) is 64.7 Å². The Morgan fingerprint density at radius 3 is 2.46 bits per heavy atom. The topological polar surface area (TPSA) is 118 Å². The lowest BCUT2D eigenvalue weighted by atomic mass is 10.0. The van der Waals surface area contributed by atoms with Crippen LogP contribution in [0.5, 0.6) is 5.75 Å². The third-order valence-corrected chi connectivity index (χ3v) is 10.3. The maximum absolute atomic E-state index is 14.6. The van der Waals surface area contributed by atoms with Crippen LogP contribution < -0.4 is 16.0 Å². The van der Waals surface area contributed by atoms with Gasteiger partial charge in [0.05, 0.1) is 36.2 Å². The van der Waals surface area contributed by atoms with E-state index in [-0.39, 0.29) is 12.6 Å². The van der Waals surface area contributed by atoms with E-state index < -0.39 is 34.5 Å². The number of benzene rings is 1. The van der Waals surface area contributed by atoms with Gasteiger partial charge in [0, 0.05) is 18.7 Å². The van der Waals surface area contributed by atoms with Gasteiger partial charge in [0.1, 0.15) is 34.1 Å². The van der Waals surface area contributed by atoms with Crippen molar-refractivity contribution in [1.29, 1.82) is 0 Å². The number of carbonyl (C=O) groups excluding carboxylic acids is 1. The fourth-order valence-corrected chi connectivity index (χ4v) is 7.55. The van der Waals surface area contributed by atoms with Crippen LogP contribution in [0.4, 0.5) is 0 Å². The standard InChI is InChI=1S/C33H42N4O7S2/c1-20-25-28(38)37(33(5,6)30(39)44-32(2,3)4)31(40)36(29(25)46-26(20)27-34-15-18-42-27)19-24(22-11-9-10-12-23(22)41-7)43-21-13-16-35(45-8)17-14-21/h9-12,15,18,21,24H,13-14,16-17,19H2,1-8H3. The Morgan fingerprint density at radius 2 is 1.85 bits per heavy atom. The van der Waals surface area contributed by atoms with E-state index in [1.165, 1.54) is 37.6 Å². The number of hydrogen-bond acceptors (Lipinski definition) is 11. The lowest BCUT2D eigenvalue weighted by molar-refractivity contribution is -0.164. The number of carbonyl (C=O) groups is 1. The van der Waals surface area contributed by atoms with E-state index >= 15 is 0 Å². The number of hydrogen-bond donors (Lipinski definition) is 0. The molecule has 0 saturated carbocycles. The number of thiophene rings is 1. The fraction of sp³-hybridized carbons (Fsp3) is 0.515. The number of nitrogens with zero attached hydrogens (tertiary/aromatic N) is 4. The van der Waals surface area contributed by atoms with Gasteiger partial charge < -0.3 is 18.6 Å². The molecule has 0 N–H and O–H groups in total. The molecule has 1 aliphatic heterocycles.